The van der Waals surface area contributed by atoms with Crippen molar-refractivity contribution >= 4 is 21.6 Å². The van der Waals surface area contributed by atoms with Gasteiger partial charge < -0.3 is 10.1 Å². The van der Waals surface area contributed by atoms with Crippen molar-refractivity contribution in [2.45, 2.75) is 37.7 Å². The van der Waals surface area contributed by atoms with Crippen molar-refractivity contribution < 1.29 is 17.9 Å². The zero-order valence-corrected chi connectivity index (χ0v) is 19.1. The summed E-state index contributed by atoms with van der Waals surface area (Å²) in [5.74, 6) is 0.656. The third-order valence-electron chi connectivity index (χ3n) is 4.65. The van der Waals surface area contributed by atoms with Crippen LogP contribution in [0.2, 0.25) is 0 Å². The maximum absolute atomic E-state index is 12.4. The first-order valence-corrected chi connectivity index (χ1v) is 12.0. The van der Waals surface area contributed by atoms with E-state index in [4.69, 9.17) is 4.74 Å². The Morgan fingerprint density at radius 2 is 1.66 bits per heavy atom. The van der Waals surface area contributed by atoms with E-state index in [1.54, 1.807) is 42.5 Å². The molecule has 0 heterocycles. The van der Waals surface area contributed by atoms with Gasteiger partial charge in [0.15, 0.2) is 0 Å². The van der Waals surface area contributed by atoms with Crippen LogP contribution < -0.4 is 14.8 Å². The van der Waals surface area contributed by atoms with Crippen LogP contribution in [0, 0.1) is 0 Å². The minimum atomic E-state index is -3.66. The van der Waals surface area contributed by atoms with Crippen molar-refractivity contribution in [2.75, 3.05) is 11.3 Å². The van der Waals surface area contributed by atoms with Crippen molar-refractivity contribution in [3.05, 3.63) is 90.0 Å². The van der Waals surface area contributed by atoms with Gasteiger partial charge in [-0.15, -0.1) is 0 Å². The Bertz CT molecular complexity index is 1130. The van der Waals surface area contributed by atoms with Crippen molar-refractivity contribution in [1.29, 1.82) is 0 Å². The molecule has 0 saturated carbocycles. The van der Waals surface area contributed by atoms with E-state index in [-0.39, 0.29) is 16.9 Å². The Morgan fingerprint density at radius 3 is 2.34 bits per heavy atom. The lowest BCUT2D eigenvalue weighted by atomic mass is 10.1. The summed E-state index contributed by atoms with van der Waals surface area (Å²) in [5, 5.41) is 2.90. The molecule has 0 saturated heterocycles. The normalized spacial score (nSPS) is 11.2. The highest BCUT2D eigenvalue weighted by Crippen LogP contribution is 2.17. The average molecular weight is 453 g/mol. The van der Waals surface area contributed by atoms with Gasteiger partial charge in [0.05, 0.1) is 11.0 Å². The fourth-order valence-electron chi connectivity index (χ4n) is 3.15. The summed E-state index contributed by atoms with van der Waals surface area (Å²) in [6.07, 6.45) is 1.76. The minimum absolute atomic E-state index is 0.129. The van der Waals surface area contributed by atoms with E-state index in [9.17, 15) is 13.2 Å². The molecule has 2 N–H and O–H groups in total. The smallest absolute Gasteiger partial charge is 0.261 e. The summed E-state index contributed by atoms with van der Waals surface area (Å²) in [6, 6.07) is 22.5. The molecule has 168 valence electrons. The lowest BCUT2D eigenvalue weighted by Gasteiger charge is -2.11. The Kier molecular flexibility index (Phi) is 7.89. The zero-order chi connectivity index (χ0) is 23.0. The molecule has 0 aromatic heterocycles. The van der Waals surface area contributed by atoms with Crippen molar-refractivity contribution in [3.63, 3.8) is 0 Å². The number of aryl methyl sites for hydroxylation is 1. The molecule has 0 unspecified atom stereocenters. The van der Waals surface area contributed by atoms with Crippen molar-refractivity contribution in [3.8, 4) is 5.75 Å². The zero-order valence-electron chi connectivity index (χ0n) is 18.2. The van der Waals surface area contributed by atoms with E-state index in [1.807, 2.05) is 38.1 Å². The van der Waals surface area contributed by atoms with Gasteiger partial charge in [-0.1, -0.05) is 30.3 Å². The molecule has 6 nitrogen and oxygen atoms in total. The molecular formula is C25H28N2O4S. The standard InChI is InChI=1S/C25H28N2O4S/c1-19(2)31-23-10-6-8-20(18-23)9-7-17-26-25(28)21-13-15-22(16-14-21)27-32(29,30)24-11-4-3-5-12-24/h3-6,8,10-16,18-19,27H,7,9,17H2,1-2H3,(H,26,28). The number of benzene rings is 3. The number of ether oxygens (including phenoxy) is 1. The first-order chi connectivity index (χ1) is 15.3. The van der Waals surface area contributed by atoms with E-state index < -0.39 is 10.0 Å². The number of nitrogens with one attached hydrogen (secondary N) is 2. The predicted octanol–water partition coefficient (Wildman–Crippen LogP) is 4.64. The first kappa shape index (κ1) is 23.3. The number of sulfonamides is 1. The van der Waals surface area contributed by atoms with Gasteiger partial charge in [-0.25, -0.2) is 8.42 Å². The highest BCUT2D eigenvalue weighted by molar-refractivity contribution is 7.92. The molecule has 3 aromatic carbocycles. The summed E-state index contributed by atoms with van der Waals surface area (Å²) in [6.45, 7) is 4.52. The van der Waals surface area contributed by atoms with Crippen LogP contribution in [0.5, 0.6) is 5.75 Å². The monoisotopic (exact) mass is 452 g/mol. The summed E-state index contributed by atoms with van der Waals surface area (Å²) in [4.78, 5) is 12.6. The maximum Gasteiger partial charge on any atom is 0.261 e. The second-order valence-electron chi connectivity index (χ2n) is 7.67. The Labute approximate surface area is 189 Å². The highest BCUT2D eigenvalue weighted by atomic mass is 32.2. The summed E-state index contributed by atoms with van der Waals surface area (Å²) in [7, 11) is -3.66. The van der Waals surface area contributed by atoms with Gasteiger partial charge in [-0.05, 0) is 80.8 Å². The molecule has 0 bridgehead atoms. The second kappa shape index (κ2) is 10.8. The van der Waals surface area contributed by atoms with Crippen LogP contribution in [0.4, 0.5) is 5.69 Å². The predicted molar refractivity (Wildman–Crippen MR) is 127 cm³/mol. The summed E-state index contributed by atoms with van der Waals surface area (Å²) >= 11 is 0. The molecule has 0 atom stereocenters. The number of anilines is 1. The fourth-order valence-corrected chi connectivity index (χ4v) is 4.23. The largest absolute Gasteiger partial charge is 0.491 e. The number of carbonyl (C=O) groups is 1. The van der Waals surface area contributed by atoms with Crippen molar-refractivity contribution in [1.82, 2.24) is 5.32 Å². The van der Waals surface area contributed by atoms with Gasteiger partial charge in [-0.3, -0.25) is 9.52 Å². The van der Waals surface area contributed by atoms with Gasteiger partial charge in [0, 0.05) is 17.8 Å². The number of hydrogen-bond acceptors (Lipinski definition) is 4. The molecule has 0 radical (unpaired) electrons. The number of amides is 1. The van der Waals surface area contributed by atoms with Crippen LogP contribution in [0.1, 0.15) is 36.2 Å². The van der Waals surface area contributed by atoms with E-state index in [1.165, 1.54) is 12.1 Å². The minimum Gasteiger partial charge on any atom is -0.491 e. The molecule has 1 amide bonds. The second-order valence-corrected chi connectivity index (χ2v) is 9.35. The van der Waals surface area contributed by atoms with Gasteiger partial charge in [-0.2, -0.15) is 0 Å². The molecule has 0 aliphatic rings. The molecule has 0 fully saturated rings. The molecule has 3 aromatic rings. The number of hydrogen-bond donors (Lipinski definition) is 2. The third-order valence-corrected chi connectivity index (χ3v) is 6.05. The summed E-state index contributed by atoms with van der Waals surface area (Å²) in [5.41, 5.74) is 2.03. The first-order valence-electron chi connectivity index (χ1n) is 10.6. The molecule has 3 rings (SSSR count). The Balaban J connectivity index is 1.48. The fraction of sp³-hybridized carbons (Fsp3) is 0.240. The van der Waals surface area contributed by atoms with Crippen molar-refractivity contribution in [2.24, 2.45) is 0 Å². The van der Waals surface area contributed by atoms with E-state index in [2.05, 4.69) is 10.0 Å². The van der Waals surface area contributed by atoms with Crippen LogP contribution in [-0.2, 0) is 16.4 Å². The average Bonchev–Trinajstić information content (AvgIpc) is 2.77. The molecule has 7 heteroatoms. The van der Waals surface area contributed by atoms with Crippen LogP contribution in [0.3, 0.4) is 0 Å². The SMILES string of the molecule is CC(C)Oc1cccc(CCCNC(=O)c2ccc(NS(=O)(=O)c3ccccc3)cc2)c1. The van der Waals surface area contributed by atoms with E-state index in [0.29, 0.717) is 17.8 Å². The van der Waals surface area contributed by atoms with Gasteiger partial charge in [0.2, 0.25) is 0 Å². The van der Waals surface area contributed by atoms with E-state index >= 15 is 0 Å². The molecule has 0 aliphatic heterocycles. The lowest BCUT2D eigenvalue weighted by molar-refractivity contribution is 0.0953. The Hall–Kier alpha value is -3.32. The molecular weight excluding hydrogens is 424 g/mol. The van der Waals surface area contributed by atoms with E-state index in [0.717, 1.165) is 24.2 Å². The molecule has 32 heavy (non-hydrogen) atoms. The molecule has 0 aliphatic carbocycles. The Morgan fingerprint density at radius 1 is 0.938 bits per heavy atom. The maximum atomic E-state index is 12.4. The van der Waals surface area contributed by atoms with Gasteiger partial charge >= 0.3 is 0 Å². The van der Waals surface area contributed by atoms with Crippen LogP contribution in [0.25, 0.3) is 0 Å². The number of carbonyl (C=O) groups excluding carboxylic acids is 1. The van der Waals surface area contributed by atoms with Crippen LogP contribution >= 0.6 is 0 Å². The van der Waals surface area contributed by atoms with Crippen LogP contribution in [-0.4, -0.2) is 27.0 Å². The topological polar surface area (TPSA) is 84.5 Å². The highest BCUT2D eigenvalue weighted by Gasteiger charge is 2.14. The lowest BCUT2D eigenvalue weighted by Crippen LogP contribution is -2.24. The third kappa shape index (κ3) is 6.85. The molecule has 0 spiro atoms. The van der Waals surface area contributed by atoms with Crippen LogP contribution in [0.15, 0.2) is 83.8 Å². The van der Waals surface area contributed by atoms with Gasteiger partial charge in [0.25, 0.3) is 15.9 Å². The number of rotatable bonds is 10. The summed E-state index contributed by atoms with van der Waals surface area (Å²) < 4.78 is 33.0. The van der Waals surface area contributed by atoms with Gasteiger partial charge in [0.1, 0.15) is 5.75 Å². The quantitative estimate of drug-likeness (QED) is 0.439.